The highest BCUT2D eigenvalue weighted by atomic mass is 35.5. The van der Waals surface area contributed by atoms with Crippen LogP contribution in [0.15, 0.2) is 47.0 Å². The Morgan fingerprint density at radius 3 is 2.67 bits per heavy atom. The van der Waals surface area contributed by atoms with Gasteiger partial charge in [-0.2, -0.15) is 4.98 Å². The van der Waals surface area contributed by atoms with E-state index in [1.807, 2.05) is 6.92 Å². The molecule has 0 saturated heterocycles. The summed E-state index contributed by atoms with van der Waals surface area (Å²) < 4.78 is 21.5. The molecule has 2 aromatic carbocycles. The molecule has 0 fully saturated rings. The Hall–Kier alpha value is -3.26. The average Bonchev–Trinajstić information content (AvgIpc) is 3.25. The second-order valence-electron chi connectivity index (χ2n) is 6.24. The van der Waals surface area contributed by atoms with Crippen molar-refractivity contribution in [2.75, 3.05) is 14.2 Å². The number of benzene rings is 2. The largest absolute Gasteiger partial charge is 0.497 e. The molecule has 1 N–H and O–H groups in total. The number of halogens is 1. The maximum atomic E-state index is 12.5. The molecule has 0 aliphatic carbocycles. The number of carbonyl (C=O) groups is 1. The summed E-state index contributed by atoms with van der Waals surface area (Å²) in [5, 5.41) is 7.16. The average molecular weight is 432 g/mol. The second kappa shape index (κ2) is 9.98. The van der Waals surface area contributed by atoms with E-state index in [0.29, 0.717) is 40.1 Å². The molecule has 0 aliphatic heterocycles. The first-order valence-corrected chi connectivity index (χ1v) is 9.67. The van der Waals surface area contributed by atoms with Gasteiger partial charge in [0, 0.05) is 6.07 Å². The zero-order chi connectivity index (χ0) is 21.5. The van der Waals surface area contributed by atoms with E-state index in [0.717, 1.165) is 0 Å². The number of rotatable bonds is 9. The van der Waals surface area contributed by atoms with Crippen LogP contribution in [-0.4, -0.2) is 36.4 Å². The molecular formula is C21H22ClN3O5. The molecule has 0 radical (unpaired) electrons. The van der Waals surface area contributed by atoms with Gasteiger partial charge in [-0.05, 0) is 30.7 Å². The van der Waals surface area contributed by atoms with Gasteiger partial charge in [0.25, 0.3) is 5.91 Å². The molecular weight excluding hydrogens is 410 g/mol. The summed E-state index contributed by atoms with van der Waals surface area (Å²) >= 11 is 6.10. The fourth-order valence-electron chi connectivity index (χ4n) is 2.71. The Morgan fingerprint density at radius 2 is 1.97 bits per heavy atom. The normalized spacial score (nSPS) is 11.6. The maximum Gasteiger partial charge on any atom is 0.261 e. The molecule has 0 spiro atoms. The minimum absolute atomic E-state index is 0.0622. The first kappa shape index (κ1) is 21.4. The van der Waals surface area contributed by atoms with Gasteiger partial charge in [0.05, 0.1) is 31.4 Å². The van der Waals surface area contributed by atoms with E-state index in [1.165, 1.54) is 0 Å². The van der Waals surface area contributed by atoms with Gasteiger partial charge < -0.3 is 24.1 Å². The summed E-state index contributed by atoms with van der Waals surface area (Å²) in [6.07, 6.45) is -0.233. The highest BCUT2D eigenvalue weighted by Crippen LogP contribution is 2.31. The van der Waals surface area contributed by atoms with Crippen molar-refractivity contribution in [3.8, 4) is 28.6 Å². The molecule has 3 rings (SSSR count). The Kier molecular flexibility index (Phi) is 7.13. The SMILES string of the molecule is CC[C@H](Oc1ccccc1Cl)C(=O)NCc1nc(-c2ccc(OC)cc2OC)no1. The first-order chi connectivity index (χ1) is 14.5. The number of amides is 1. The molecule has 1 amide bonds. The topological polar surface area (TPSA) is 95.7 Å². The van der Waals surface area contributed by atoms with Crippen molar-refractivity contribution in [2.24, 2.45) is 0 Å². The second-order valence-corrected chi connectivity index (χ2v) is 6.65. The zero-order valence-corrected chi connectivity index (χ0v) is 17.6. The van der Waals surface area contributed by atoms with E-state index >= 15 is 0 Å². The lowest BCUT2D eigenvalue weighted by molar-refractivity contribution is -0.128. The quantitative estimate of drug-likeness (QED) is 0.549. The lowest BCUT2D eigenvalue weighted by Crippen LogP contribution is -2.37. The summed E-state index contributed by atoms with van der Waals surface area (Å²) in [6, 6.07) is 12.3. The van der Waals surface area contributed by atoms with Gasteiger partial charge in [0.15, 0.2) is 6.10 Å². The Labute approximate surface area is 179 Å². The number of para-hydroxylation sites is 1. The fraction of sp³-hybridized carbons (Fsp3) is 0.286. The third-order valence-electron chi connectivity index (χ3n) is 4.30. The Morgan fingerprint density at radius 1 is 1.17 bits per heavy atom. The Balaban J connectivity index is 1.65. The van der Waals surface area contributed by atoms with Crippen LogP contribution in [0.1, 0.15) is 19.2 Å². The number of carbonyl (C=O) groups excluding carboxylic acids is 1. The molecule has 0 saturated carbocycles. The molecule has 3 aromatic rings. The van der Waals surface area contributed by atoms with Crippen molar-refractivity contribution in [2.45, 2.75) is 26.0 Å². The van der Waals surface area contributed by atoms with Crippen LogP contribution >= 0.6 is 11.6 Å². The van der Waals surface area contributed by atoms with Gasteiger partial charge >= 0.3 is 0 Å². The smallest absolute Gasteiger partial charge is 0.261 e. The number of methoxy groups -OCH3 is 2. The van der Waals surface area contributed by atoms with Crippen LogP contribution in [0.3, 0.4) is 0 Å². The van der Waals surface area contributed by atoms with Gasteiger partial charge in [-0.15, -0.1) is 0 Å². The molecule has 9 heteroatoms. The molecule has 1 aromatic heterocycles. The monoisotopic (exact) mass is 431 g/mol. The molecule has 158 valence electrons. The minimum Gasteiger partial charge on any atom is -0.497 e. The summed E-state index contributed by atoms with van der Waals surface area (Å²) in [4.78, 5) is 16.8. The summed E-state index contributed by atoms with van der Waals surface area (Å²) in [5.41, 5.74) is 0.646. The number of ether oxygens (including phenoxy) is 3. The van der Waals surface area contributed by atoms with Crippen molar-refractivity contribution in [1.82, 2.24) is 15.5 Å². The van der Waals surface area contributed by atoms with E-state index in [-0.39, 0.29) is 18.3 Å². The van der Waals surface area contributed by atoms with E-state index < -0.39 is 6.10 Å². The fourth-order valence-corrected chi connectivity index (χ4v) is 2.89. The van der Waals surface area contributed by atoms with Crippen LogP contribution < -0.4 is 19.5 Å². The lowest BCUT2D eigenvalue weighted by atomic mass is 10.2. The van der Waals surface area contributed by atoms with Crippen LogP contribution in [0, 0.1) is 0 Å². The molecule has 1 atom stereocenters. The number of hydrogen-bond donors (Lipinski definition) is 1. The molecule has 30 heavy (non-hydrogen) atoms. The third kappa shape index (κ3) is 5.01. The summed E-state index contributed by atoms with van der Waals surface area (Å²) in [7, 11) is 3.12. The van der Waals surface area contributed by atoms with Crippen molar-refractivity contribution < 1.29 is 23.5 Å². The van der Waals surface area contributed by atoms with Gasteiger partial charge in [0.1, 0.15) is 17.2 Å². The first-order valence-electron chi connectivity index (χ1n) is 9.29. The predicted molar refractivity (Wildman–Crippen MR) is 111 cm³/mol. The van der Waals surface area contributed by atoms with E-state index in [1.54, 1.807) is 56.7 Å². The van der Waals surface area contributed by atoms with Gasteiger partial charge in [-0.1, -0.05) is 35.8 Å². The highest BCUT2D eigenvalue weighted by Gasteiger charge is 2.21. The minimum atomic E-state index is -0.700. The van der Waals surface area contributed by atoms with E-state index in [4.69, 9.17) is 30.3 Å². The van der Waals surface area contributed by atoms with Crippen LogP contribution in [0.25, 0.3) is 11.4 Å². The van der Waals surface area contributed by atoms with E-state index in [9.17, 15) is 4.79 Å². The van der Waals surface area contributed by atoms with Gasteiger partial charge in [-0.25, -0.2) is 0 Å². The lowest BCUT2D eigenvalue weighted by Gasteiger charge is -2.17. The number of nitrogens with one attached hydrogen (secondary N) is 1. The van der Waals surface area contributed by atoms with Gasteiger partial charge in [0.2, 0.25) is 11.7 Å². The van der Waals surface area contributed by atoms with E-state index in [2.05, 4.69) is 15.5 Å². The van der Waals surface area contributed by atoms with Crippen molar-refractivity contribution in [1.29, 1.82) is 0 Å². The summed E-state index contributed by atoms with van der Waals surface area (Å²) in [5.74, 6) is 1.94. The molecule has 8 nitrogen and oxygen atoms in total. The summed E-state index contributed by atoms with van der Waals surface area (Å²) in [6.45, 7) is 1.91. The van der Waals surface area contributed by atoms with Crippen molar-refractivity contribution in [3.05, 3.63) is 53.4 Å². The van der Waals surface area contributed by atoms with Crippen LogP contribution in [-0.2, 0) is 11.3 Å². The van der Waals surface area contributed by atoms with Crippen molar-refractivity contribution in [3.63, 3.8) is 0 Å². The number of aromatic nitrogens is 2. The van der Waals surface area contributed by atoms with Crippen molar-refractivity contribution >= 4 is 17.5 Å². The maximum absolute atomic E-state index is 12.5. The third-order valence-corrected chi connectivity index (χ3v) is 4.61. The standard InChI is InChI=1S/C21H22ClN3O5/c1-4-16(29-17-8-6-5-7-15(17)22)21(26)23-12-19-24-20(25-30-19)14-10-9-13(27-2)11-18(14)28-3/h5-11,16H,4,12H2,1-3H3,(H,23,26)/t16-/m0/s1. The van der Waals surface area contributed by atoms with Crippen LogP contribution in [0.4, 0.5) is 0 Å². The highest BCUT2D eigenvalue weighted by molar-refractivity contribution is 6.32. The van der Waals surface area contributed by atoms with Crippen LogP contribution in [0.5, 0.6) is 17.2 Å². The molecule has 0 aliphatic rings. The molecule has 0 unspecified atom stereocenters. The van der Waals surface area contributed by atoms with Gasteiger partial charge in [-0.3, -0.25) is 4.79 Å². The number of nitrogens with zero attached hydrogens (tertiary/aromatic N) is 2. The van der Waals surface area contributed by atoms with Crippen LogP contribution in [0.2, 0.25) is 5.02 Å². The predicted octanol–water partition coefficient (Wildman–Crippen LogP) is 3.88. The number of hydrogen-bond acceptors (Lipinski definition) is 7. The molecule has 1 heterocycles. The zero-order valence-electron chi connectivity index (χ0n) is 16.8. The molecule has 0 bridgehead atoms. The Bertz CT molecular complexity index is 1010.